The van der Waals surface area contributed by atoms with Crippen LogP contribution >= 0.6 is 0 Å². The van der Waals surface area contributed by atoms with Crippen molar-refractivity contribution in [3.05, 3.63) is 0 Å². The lowest BCUT2D eigenvalue weighted by Crippen LogP contribution is -2.59. The van der Waals surface area contributed by atoms with E-state index in [-0.39, 0.29) is 24.0 Å². The molecule has 2 unspecified atom stereocenters. The van der Waals surface area contributed by atoms with Gasteiger partial charge in [-0.3, -0.25) is 4.90 Å². The first-order valence-corrected chi connectivity index (χ1v) is 7.22. The summed E-state index contributed by atoms with van der Waals surface area (Å²) in [5.41, 5.74) is 0. The fourth-order valence-electron chi connectivity index (χ4n) is 2.50. The molecule has 1 aliphatic rings. The van der Waals surface area contributed by atoms with Crippen LogP contribution in [0.3, 0.4) is 0 Å². The van der Waals surface area contributed by atoms with Gasteiger partial charge in [0.1, 0.15) is 6.04 Å². The number of hydrogen-bond acceptors (Lipinski definition) is 3. The van der Waals surface area contributed by atoms with Crippen molar-refractivity contribution in [1.82, 2.24) is 15.1 Å². The molecule has 0 spiro atoms. The van der Waals surface area contributed by atoms with Gasteiger partial charge in [-0.1, -0.05) is 13.8 Å². The summed E-state index contributed by atoms with van der Waals surface area (Å²) in [5.74, 6) is -0.746. The van der Waals surface area contributed by atoms with Crippen molar-refractivity contribution in [1.29, 1.82) is 0 Å². The van der Waals surface area contributed by atoms with E-state index in [0.717, 1.165) is 0 Å². The Morgan fingerprint density at radius 1 is 1.25 bits per heavy atom. The molecule has 1 saturated heterocycles. The number of hydrogen-bond donors (Lipinski definition) is 2. The average molecular weight is 285 g/mol. The third-order valence-corrected chi connectivity index (χ3v) is 3.95. The number of urea groups is 1. The number of carboxylic acids is 1. The summed E-state index contributed by atoms with van der Waals surface area (Å²) in [6, 6.07) is -0.534. The van der Waals surface area contributed by atoms with Gasteiger partial charge < -0.3 is 15.3 Å². The quantitative estimate of drug-likeness (QED) is 0.814. The van der Waals surface area contributed by atoms with Gasteiger partial charge in [-0.15, -0.1) is 0 Å². The molecule has 1 heterocycles. The zero-order chi connectivity index (χ0) is 15.4. The lowest BCUT2D eigenvalue weighted by atomic mass is 10.0. The van der Waals surface area contributed by atoms with Gasteiger partial charge in [-0.2, -0.15) is 0 Å². The van der Waals surface area contributed by atoms with Gasteiger partial charge in [0.15, 0.2) is 0 Å². The van der Waals surface area contributed by atoms with Crippen molar-refractivity contribution in [3.63, 3.8) is 0 Å². The number of carbonyl (C=O) groups is 2. The smallest absolute Gasteiger partial charge is 0.326 e. The van der Waals surface area contributed by atoms with Crippen molar-refractivity contribution in [2.24, 2.45) is 5.92 Å². The standard InChI is InChI=1S/C14H27N3O3/c1-9(2)6-12(13(18)19)15-14(20)17-7-10(3)16(5)11(4)8-17/h9-12H,6-8H2,1-5H3,(H,15,20)(H,18,19)/t10?,11?,12-/m1/s1. The van der Waals surface area contributed by atoms with Crippen molar-refractivity contribution >= 4 is 12.0 Å². The van der Waals surface area contributed by atoms with Crippen molar-refractivity contribution in [3.8, 4) is 0 Å². The molecule has 3 atom stereocenters. The molecule has 116 valence electrons. The number of rotatable bonds is 4. The SMILES string of the molecule is CC(C)C[C@@H](NC(=O)N1CC(C)N(C)C(C)C1)C(=O)O. The fraction of sp³-hybridized carbons (Fsp3) is 0.857. The summed E-state index contributed by atoms with van der Waals surface area (Å²) in [6.07, 6.45) is 0.444. The van der Waals surface area contributed by atoms with Gasteiger partial charge in [0.05, 0.1) is 0 Å². The summed E-state index contributed by atoms with van der Waals surface area (Å²) in [6.45, 7) is 9.28. The highest BCUT2D eigenvalue weighted by Gasteiger charge is 2.31. The van der Waals surface area contributed by atoms with E-state index in [4.69, 9.17) is 0 Å². The number of carboxylic acid groups (broad SMARTS) is 1. The topological polar surface area (TPSA) is 72.9 Å². The first-order chi connectivity index (χ1) is 9.22. The molecule has 6 heteroatoms. The van der Waals surface area contributed by atoms with Gasteiger partial charge in [0.25, 0.3) is 0 Å². The van der Waals surface area contributed by atoms with Crippen LogP contribution in [0.2, 0.25) is 0 Å². The summed E-state index contributed by atoms with van der Waals surface area (Å²) in [7, 11) is 2.05. The third-order valence-electron chi connectivity index (χ3n) is 3.95. The second-order valence-electron chi connectivity index (χ2n) is 6.24. The average Bonchev–Trinajstić information content (AvgIpc) is 2.33. The molecule has 1 fully saturated rings. The minimum Gasteiger partial charge on any atom is -0.480 e. The van der Waals surface area contributed by atoms with Gasteiger partial charge in [-0.25, -0.2) is 9.59 Å². The number of likely N-dealkylation sites (N-methyl/N-ethyl adjacent to an activating group) is 1. The maximum atomic E-state index is 12.2. The second kappa shape index (κ2) is 6.92. The second-order valence-corrected chi connectivity index (χ2v) is 6.24. The summed E-state index contributed by atoms with van der Waals surface area (Å²) in [5, 5.41) is 11.8. The first-order valence-electron chi connectivity index (χ1n) is 7.22. The van der Waals surface area contributed by atoms with Crippen molar-refractivity contribution < 1.29 is 14.7 Å². The third kappa shape index (κ3) is 4.37. The number of nitrogens with one attached hydrogen (secondary N) is 1. The molecule has 0 radical (unpaired) electrons. The zero-order valence-corrected chi connectivity index (χ0v) is 13.1. The molecular formula is C14H27N3O3. The molecule has 20 heavy (non-hydrogen) atoms. The minimum absolute atomic E-state index is 0.224. The lowest BCUT2D eigenvalue weighted by molar-refractivity contribution is -0.139. The van der Waals surface area contributed by atoms with E-state index in [0.29, 0.717) is 19.5 Å². The molecule has 0 aliphatic carbocycles. The van der Waals surface area contributed by atoms with Crippen LogP contribution in [0.1, 0.15) is 34.1 Å². The predicted octanol–water partition coefficient (Wildman–Crippen LogP) is 1.22. The van der Waals surface area contributed by atoms with Gasteiger partial charge in [0, 0.05) is 25.2 Å². The van der Waals surface area contributed by atoms with Crippen LogP contribution in [0.15, 0.2) is 0 Å². The van der Waals surface area contributed by atoms with Crippen molar-refractivity contribution in [2.45, 2.75) is 52.2 Å². The van der Waals surface area contributed by atoms with E-state index in [9.17, 15) is 14.7 Å². The summed E-state index contributed by atoms with van der Waals surface area (Å²) < 4.78 is 0. The highest BCUT2D eigenvalue weighted by Crippen LogP contribution is 2.14. The molecule has 1 aliphatic heterocycles. The van der Waals surface area contributed by atoms with Crippen LogP contribution in [0.25, 0.3) is 0 Å². The van der Waals surface area contributed by atoms with Crippen LogP contribution in [0, 0.1) is 5.92 Å². The Balaban J connectivity index is 2.63. The van der Waals surface area contributed by atoms with Crippen LogP contribution in [0.5, 0.6) is 0 Å². The summed E-state index contributed by atoms with van der Waals surface area (Å²) >= 11 is 0. The molecular weight excluding hydrogens is 258 g/mol. The van der Waals surface area contributed by atoms with Gasteiger partial charge in [-0.05, 0) is 33.2 Å². The zero-order valence-electron chi connectivity index (χ0n) is 13.1. The van der Waals surface area contributed by atoms with E-state index >= 15 is 0 Å². The van der Waals surface area contributed by atoms with Crippen molar-refractivity contribution in [2.75, 3.05) is 20.1 Å². The molecule has 2 amide bonds. The van der Waals surface area contributed by atoms with Gasteiger partial charge in [0.2, 0.25) is 0 Å². The highest BCUT2D eigenvalue weighted by atomic mass is 16.4. The molecule has 0 bridgehead atoms. The number of piperazine rings is 1. The van der Waals surface area contributed by atoms with E-state index in [1.165, 1.54) is 0 Å². The van der Waals surface area contributed by atoms with Crippen LogP contribution in [0.4, 0.5) is 4.79 Å². The highest BCUT2D eigenvalue weighted by molar-refractivity contribution is 5.82. The largest absolute Gasteiger partial charge is 0.480 e. The lowest BCUT2D eigenvalue weighted by Gasteiger charge is -2.42. The van der Waals surface area contributed by atoms with E-state index in [1.54, 1.807) is 4.90 Å². The Morgan fingerprint density at radius 2 is 1.75 bits per heavy atom. The maximum Gasteiger partial charge on any atom is 0.326 e. The number of aliphatic carboxylic acids is 1. The van der Waals surface area contributed by atoms with Gasteiger partial charge >= 0.3 is 12.0 Å². The van der Waals surface area contributed by atoms with Crippen LogP contribution in [-0.2, 0) is 4.79 Å². The Labute approximate surface area is 121 Å². The van der Waals surface area contributed by atoms with E-state index in [1.807, 2.05) is 20.9 Å². The Morgan fingerprint density at radius 3 is 2.15 bits per heavy atom. The van der Waals surface area contributed by atoms with E-state index < -0.39 is 12.0 Å². The fourth-order valence-corrected chi connectivity index (χ4v) is 2.50. The minimum atomic E-state index is -0.970. The number of carbonyl (C=O) groups excluding carboxylic acids is 1. The summed E-state index contributed by atoms with van der Waals surface area (Å²) in [4.78, 5) is 27.4. The number of nitrogens with zero attached hydrogens (tertiary/aromatic N) is 2. The molecule has 6 nitrogen and oxygen atoms in total. The Kier molecular flexibility index (Phi) is 5.80. The number of amides is 2. The molecule has 0 saturated carbocycles. The molecule has 2 N–H and O–H groups in total. The Hall–Kier alpha value is -1.30. The Bertz CT molecular complexity index is 348. The monoisotopic (exact) mass is 285 g/mol. The maximum absolute atomic E-state index is 12.2. The normalized spacial score (nSPS) is 25.6. The van der Waals surface area contributed by atoms with E-state index in [2.05, 4.69) is 24.1 Å². The van der Waals surface area contributed by atoms with Crippen LogP contribution in [-0.4, -0.2) is 65.2 Å². The molecule has 1 rings (SSSR count). The molecule has 0 aromatic heterocycles. The molecule has 0 aromatic rings. The molecule has 0 aromatic carbocycles. The first kappa shape index (κ1) is 16.8. The predicted molar refractivity (Wildman–Crippen MR) is 77.7 cm³/mol. The van der Waals surface area contributed by atoms with Crippen LogP contribution < -0.4 is 5.32 Å².